The molecular weight excluding hydrogens is 409 g/mol. The summed E-state index contributed by atoms with van der Waals surface area (Å²) < 4.78 is 48.2. The molecule has 1 atom stereocenters. The van der Waals surface area contributed by atoms with Gasteiger partial charge in [0.1, 0.15) is 11.5 Å². The minimum absolute atomic E-state index is 0.104. The van der Waals surface area contributed by atoms with Crippen molar-refractivity contribution in [1.29, 1.82) is 0 Å². The number of halogens is 3. The van der Waals surface area contributed by atoms with E-state index < -0.39 is 41.4 Å². The van der Waals surface area contributed by atoms with Gasteiger partial charge in [-0.15, -0.1) is 0 Å². The Balaban J connectivity index is 1.56. The lowest BCUT2D eigenvalue weighted by molar-refractivity contribution is -0.117. The van der Waals surface area contributed by atoms with Gasteiger partial charge >= 0.3 is 5.92 Å². The molecule has 1 aromatic heterocycles. The van der Waals surface area contributed by atoms with Gasteiger partial charge in [0.15, 0.2) is 12.1 Å². The Morgan fingerprint density at radius 3 is 2.74 bits per heavy atom. The smallest absolute Gasteiger partial charge is 0.310 e. The first-order chi connectivity index (χ1) is 14.7. The lowest BCUT2D eigenvalue weighted by Gasteiger charge is -2.37. The van der Waals surface area contributed by atoms with Crippen LogP contribution in [0.2, 0.25) is 0 Å². The van der Waals surface area contributed by atoms with E-state index in [4.69, 9.17) is 5.73 Å². The zero-order valence-electron chi connectivity index (χ0n) is 16.6. The highest BCUT2D eigenvalue weighted by Crippen LogP contribution is 2.44. The van der Waals surface area contributed by atoms with Crippen LogP contribution in [0.4, 0.5) is 18.9 Å². The Kier molecular flexibility index (Phi) is 5.09. The van der Waals surface area contributed by atoms with Crippen LogP contribution in [-0.4, -0.2) is 29.4 Å². The van der Waals surface area contributed by atoms with Crippen molar-refractivity contribution < 1.29 is 22.7 Å². The third-order valence-electron chi connectivity index (χ3n) is 5.19. The van der Waals surface area contributed by atoms with Crippen LogP contribution in [0, 0.1) is 23.6 Å². The van der Waals surface area contributed by atoms with Crippen molar-refractivity contribution >= 4 is 17.6 Å². The average Bonchev–Trinajstić information content (AvgIpc) is 3.56. The third-order valence-corrected chi connectivity index (χ3v) is 5.19. The maximum Gasteiger partial charge on any atom is 0.310 e. The Morgan fingerprint density at radius 1 is 1.29 bits per heavy atom. The van der Waals surface area contributed by atoms with Crippen molar-refractivity contribution in [3.63, 3.8) is 0 Å². The van der Waals surface area contributed by atoms with Crippen molar-refractivity contribution in [2.24, 2.45) is 16.6 Å². The van der Waals surface area contributed by atoms with Crippen molar-refractivity contribution in [2.75, 3.05) is 11.9 Å². The highest BCUT2D eigenvalue weighted by atomic mass is 19.3. The first-order valence-electron chi connectivity index (χ1n) is 9.63. The molecule has 1 unspecified atom stereocenters. The van der Waals surface area contributed by atoms with Crippen molar-refractivity contribution in [3.8, 4) is 11.8 Å². The third kappa shape index (κ3) is 4.19. The number of nitrogens with two attached hydrogens (primary N) is 1. The highest BCUT2D eigenvalue weighted by Gasteiger charge is 2.56. The van der Waals surface area contributed by atoms with Crippen LogP contribution in [-0.2, 0) is 10.3 Å². The Bertz CT molecular complexity index is 1120. The number of anilines is 1. The van der Waals surface area contributed by atoms with E-state index in [1.807, 2.05) is 0 Å². The molecule has 1 fully saturated rings. The molecule has 6 nitrogen and oxygen atoms in total. The zero-order chi connectivity index (χ0) is 22.2. The molecule has 1 aliphatic heterocycles. The molecule has 160 valence electrons. The number of amidine groups is 1. The lowest BCUT2D eigenvalue weighted by Crippen LogP contribution is -2.51. The summed E-state index contributed by atoms with van der Waals surface area (Å²) in [5.74, 6) is 1.54. The normalized spacial score (nSPS) is 21.9. The second-order valence-electron chi connectivity index (χ2n) is 7.64. The number of ether oxygens (including phenoxy) is 1. The summed E-state index contributed by atoms with van der Waals surface area (Å²) in [4.78, 5) is 20.3. The quantitative estimate of drug-likeness (QED) is 0.733. The van der Waals surface area contributed by atoms with E-state index in [9.17, 15) is 18.0 Å². The monoisotopic (exact) mass is 428 g/mol. The number of carbonyl (C=O) groups excluding carboxylic acids is 1. The first-order valence-corrected chi connectivity index (χ1v) is 9.63. The van der Waals surface area contributed by atoms with Crippen molar-refractivity contribution in [1.82, 2.24) is 4.98 Å². The lowest BCUT2D eigenvalue weighted by atomic mass is 9.85. The molecule has 1 aromatic carbocycles. The molecule has 0 bridgehead atoms. The summed E-state index contributed by atoms with van der Waals surface area (Å²) in [6, 6.07) is 6.08. The number of hydrogen-bond acceptors (Lipinski definition) is 5. The molecule has 3 N–H and O–H groups in total. The van der Waals surface area contributed by atoms with Gasteiger partial charge in [0.25, 0.3) is 11.9 Å². The molecule has 9 heteroatoms. The van der Waals surface area contributed by atoms with E-state index in [0.29, 0.717) is 11.5 Å². The summed E-state index contributed by atoms with van der Waals surface area (Å²) in [5.41, 5.74) is 3.65. The van der Waals surface area contributed by atoms with Gasteiger partial charge in [-0.25, -0.2) is 14.4 Å². The van der Waals surface area contributed by atoms with Crippen LogP contribution in [0.25, 0.3) is 0 Å². The van der Waals surface area contributed by atoms with Crippen LogP contribution in [0.15, 0.2) is 41.5 Å². The minimum atomic E-state index is -3.52. The summed E-state index contributed by atoms with van der Waals surface area (Å²) in [6.45, 7) is 0.0319. The molecule has 2 aliphatic rings. The number of aromatic nitrogens is 1. The molecule has 1 saturated carbocycles. The fraction of sp³-hybridized carbons (Fsp3) is 0.318. The maximum atomic E-state index is 14.5. The van der Waals surface area contributed by atoms with Gasteiger partial charge in [0.05, 0.1) is 0 Å². The standard InChI is InChI=1S/C22H19F3N4O2/c1-21(22(24,25)12-31-20(26)29-21)16-10-15(7-8-17(16)23)28-19(30)18-9-6-14(11-27-18)5-4-13-2-3-13/h6-11,13H,2-3,12H2,1H3,(H2,26,29)(H,28,30). The molecule has 0 radical (unpaired) electrons. The molecule has 1 aliphatic carbocycles. The number of hydrogen-bond donors (Lipinski definition) is 2. The Hall–Kier alpha value is -3.54. The van der Waals surface area contributed by atoms with E-state index >= 15 is 0 Å². The summed E-state index contributed by atoms with van der Waals surface area (Å²) in [5, 5.41) is 2.54. The largest absolute Gasteiger partial charge is 0.459 e. The number of alkyl halides is 2. The number of rotatable bonds is 3. The summed E-state index contributed by atoms with van der Waals surface area (Å²) in [7, 11) is 0. The molecular formula is C22H19F3N4O2. The Morgan fingerprint density at radius 2 is 2.06 bits per heavy atom. The molecule has 4 rings (SSSR count). The van der Waals surface area contributed by atoms with E-state index in [2.05, 4.69) is 31.9 Å². The highest BCUT2D eigenvalue weighted by molar-refractivity contribution is 6.02. The Labute approximate surface area is 176 Å². The number of pyridine rings is 1. The number of nitrogens with zero attached hydrogens (tertiary/aromatic N) is 2. The fourth-order valence-corrected chi connectivity index (χ4v) is 3.08. The van der Waals surface area contributed by atoms with Crippen LogP contribution < -0.4 is 11.1 Å². The molecule has 2 heterocycles. The zero-order valence-corrected chi connectivity index (χ0v) is 16.6. The molecule has 0 spiro atoms. The van der Waals surface area contributed by atoms with Crippen LogP contribution in [0.1, 0.15) is 41.4 Å². The van der Waals surface area contributed by atoms with Gasteiger partial charge in [-0.1, -0.05) is 11.8 Å². The maximum absolute atomic E-state index is 14.5. The minimum Gasteiger partial charge on any atom is -0.459 e. The van der Waals surface area contributed by atoms with E-state index in [1.54, 1.807) is 6.07 Å². The predicted molar refractivity (Wildman–Crippen MR) is 108 cm³/mol. The molecule has 31 heavy (non-hydrogen) atoms. The van der Waals surface area contributed by atoms with Gasteiger partial charge in [-0.3, -0.25) is 4.79 Å². The predicted octanol–water partition coefficient (Wildman–Crippen LogP) is 3.43. The van der Waals surface area contributed by atoms with Crippen molar-refractivity contribution in [3.05, 3.63) is 59.2 Å². The van der Waals surface area contributed by atoms with Crippen LogP contribution in [0.3, 0.4) is 0 Å². The average molecular weight is 428 g/mol. The van der Waals surface area contributed by atoms with E-state index in [-0.39, 0.29) is 11.4 Å². The van der Waals surface area contributed by atoms with Gasteiger partial charge in [0.2, 0.25) is 0 Å². The van der Waals surface area contributed by atoms with Gasteiger partial charge in [0, 0.05) is 28.9 Å². The summed E-state index contributed by atoms with van der Waals surface area (Å²) in [6.07, 6.45) is 3.70. The van der Waals surface area contributed by atoms with Crippen molar-refractivity contribution in [2.45, 2.75) is 31.2 Å². The SMILES string of the molecule is CC1(c2cc(NC(=O)c3ccc(C#CC4CC4)cn3)ccc2F)N=C(N)OCC1(F)F. The van der Waals surface area contributed by atoms with Gasteiger partial charge in [-0.05, 0) is 50.1 Å². The fourth-order valence-electron chi connectivity index (χ4n) is 3.08. The van der Waals surface area contributed by atoms with Gasteiger partial charge < -0.3 is 15.8 Å². The van der Waals surface area contributed by atoms with Crippen LogP contribution >= 0.6 is 0 Å². The second-order valence-corrected chi connectivity index (χ2v) is 7.64. The van der Waals surface area contributed by atoms with Crippen LogP contribution in [0.5, 0.6) is 0 Å². The number of carbonyl (C=O) groups is 1. The number of nitrogens with one attached hydrogen (secondary N) is 1. The number of aliphatic imine (C=N–C) groups is 1. The topological polar surface area (TPSA) is 89.6 Å². The first kappa shape index (κ1) is 20.7. The summed E-state index contributed by atoms with van der Waals surface area (Å²) >= 11 is 0. The molecule has 1 amide bonds. The second kappa shape index (κ2) is 7.61. The van der Waals surface area contributed by atoms with E-state index in [0.717, 1.165) is 31.9 Å². The van der Waals surface area contributed by atoms with Gasteiger partial charge in [-0.2, -0.15) is 8.78 Å². The number of amides is 1. The van der Waals surface area contributed by atoms with E-state index in [1.165, 1.54) is 18.3 Å². The molecule has 2 aromatic rings. The number of benzene rings is 1. The molecule has 0 saturated heterocycles.